The number of methoxy groups -OCH3 is 1. The Morgan fingerprint density at radius 3 is 2.47 bits per heavy atom. The van der Waals surface area contributed by atoms with Crippen LogP contribution in [0.5, 0.6) is 0 Å². The van der Waals surface area contributed by atoms with Crippen molar-refractivity contribution in [1.82, 2.24) is 14.6 Å². The number of rotatable bonds is 10. The van der Waals surface area contributed by atoms with E-state index in [1.54, 1.807) is 22.7 Å². The Bertz CT molecular complexity index is 1440. The van der Waals surface area contributed by atoms with Gasteiger partial charge in [-0.3, -0.25) is 4.90 Å². The zero-order valence-corrected chi connectivity index (χ0v) is 29.0. The van der Waals surface area contributed by atoms with Crippen LogP contribution < -0.4 is 4.90 Å². The van der Waals surface area contributed by atoms with Gasteiger partial charge in [0, 0.05) is 13.2 Å². The molecule has 2 aromatic heterocycles. The Morgan fingerprint density at radius 2 is 1.87 bits per heavy atom. The third kappa shape index (κ3) is 6.92. The van der Waals surface area contributed by atoms with E-state index in [4.69, 9.17) is 40.0 Å². The molecular weight excluding hydrogens is 627 g/mol. The van der Waals surface area contributed by atoms with E-state index in [1.165, 1.54) is 7.11 Å². The van der Waals surface area contributed by atoms with Gasteiger partial charge < -0.3 is 38.1 Å². The number of hydrogen-bond acceptors (Lipinski definition) is 11. The minimum Gasteiger partial charge on any atom is -0.443 e. The number of halogens is 1. The first-order chi connectivity index (χ1) is 21.0. The summed E-state index contributed by atoms with van der Waals surface area (Å²) in [5.41, 5.74) is 0.472. The average Bonchev–Trinajstić information content (AvgIpc) is 3.70. The number of fused-ring (bicyclic) bond motifs is 2. The maximum atomic E-state index is 13.6. The van der Waals surface area contributed by atoms with E-state index in [0.717, 1.165) is 25.7 Å². The largest absolute Gasteiger partial charge is 0.443 e. The molecule has 1 amide bonds. The fraction of sp³-hybridized carbons (Fsp3) is 0.767. The number of carbonyl (C=O) groups excluding carboxylic acids is 1. The highest BCUT2D eigenvalue weighted by molar-refractivity contribution is 7.63. The van der Waals surface area contributed by atoms with Gasteiger partial charge in [-0.2, -0.15) is 4.98 Å². The molecule has 5 rings (SSSR count). The number of hydrogen-bond donors (Lipinski definition) is 1. The highest BCUT2D eigenvalue weighted by Gasteiger charge is 2.57. The van der Waals surface area contributed by atoms with Crippen LogP contribution in [-0.4, -0.2) is 107 Å². The summed E-state index contributed by atoms with van der Waals surface area (Å²) in [6.45, 7) is 11.7. The average molecular weight is 673 g/mol. The summed E-state index contributed by atoms with van der Waals surface area (Å²) in [4.78, 5) is 19.7. The normalized spacial score (nSPS) is 26.7. The van der Waals surface area contributed by atoms with E-state index in [9.17, 15) is 14.5 Å². The predicted octanol–water partition coefficient (Wildman–Crippen LogP) is 5.00. The first kappa shape index (κ1) is 34.5. The molecule has 3 aliphatic rings. The van der Waals surface area contributed by atoms with Crippen LogP contribution in [0.25, 0.3) is 5.52 Å². The van der Waals surface area contributed by atoms with Crippen LogP contribution >= 0.6 is 18.7 Å². The molecule has 0 aromatic carbocycles. The van der Waals surface area contributed by atoms with Gasteiger partial charge >= 0.3 is 6.09 Å². The van der Waals surface area contributed by atoms with E-state index in [2.05, 4.69) is 10.1 Å². The third-order valence-electron chi connectivity index (χ3n) is 8.56. The van der Waals surface area contributed by atoms with Gasteiger partial charge in [-0.1, -0.05) is 12.8 Å². The van der Waals surface area contributed by atoms with E-state index in [-0.39, 0.29) is 24.5 Å². The molecule has 1 saturated carbocycles. The Morgan fingerprint density at radius 1 is 1.20 bits per heavy atom. The lowest BCUT2D eigenvalue weighted by molar-refractivity contribution is -0.198. The van der Waals surface area contributed by atoms with E-state index in [1.807, 2.05) is 46.8 Å². The Hall–Kier alpha value is -1.83. The van der Waals surface area contributed by atoms with Crippen molar-refractivity contribution in [2.24, 2.45) is 0 Å². The molecule has 1 N–H and O–H groups in total. The van der Waals surface area contributed by atoms with E-state index < -0.39 is 61.0 Å². The smallest absolute Gasteiger partial charge is 0.416 e. The molecule has 15 heteroatoms. The Labute approximate surface area is 269 Å². The van der Waals surface area contributed by atoms with Crippen LogP contribution in [0, 0.1) is 0 Å². The first-order valence-electron chi connectivity index (χ1n) is 15.4. The lowest BCUT2D eigenvalue weighted by Crippen LogP contribution is -2.44. The number of carbonyl (C=O) groups is 1. The van der Waals surface area contributed by atoms with Crippen LogP contribution in [0.15, 0.2) is 12.1 Å². The van der Waals surface area contributed by atoms with Crippen molar-refractivity contribution in [2.45, 2.75) is 107 Å². The van der Waals surface area contributed by atoms with Gasteiger partial charge in [0.05, 0.1) is 25.5 Å². The molecule has 0 radical (unpaired) electrons. The minimum absolute atomic E-state index is 0.0366. The van der Waals surface area contributed by atoms with Crippen LogP contribution in [-0.2, 0) is 33.0 Å². The molecule has 1 unspecified atom stereocenters. The second-order valence-corrected chi connectivity index (χ2v) is 17.8. The van der Waals surface area contributed by atoms with Crippen LogP contribution in [0.3, 0.4) is 0 Å². The molecule has 13 nitrogen and oxygen atoms in total. The van der Waals surface area contributed by atoms with Gasteiger partial charge in [0.25, 0.3) is 0 Å². The Kier molecular flexibility index (Phi) is 9.70. The fourth-order valence-corrected chi connectivity index (χ4v) is 7.70. The molecule has 1 aliphatic carbocycles. The van der Waals surface area contributed by atoms with Gasteiger partial charge in [-0.05, 0) is 84.5 Å². The standard InChI is InChI=1S/C30H46ClN4O9P/c1-28(2,3)44-27(37)34(18-11-9-10-12-18)25-20-14-13-19(35(20)33-26(31)32-25)22-24-23(42-29(4,5)43-24)21(41-22)15-40-30(16-36,17-39-6)45(7,8)38/h13-14,18,21-24,36H,9-12,15-17H2,1-8H3/t21-,22-,23-,24+,30?/m1/s1. The van der Waals surface area contributed by atoms with Crippen molar-refractivity contribution >= 4 is 36.2 Å². The summed E-state index contributed by atoms with van der Waals surface area (Å²) in [5.74, 6) is -0.559. The predicted molar refractivity (Wildman–Crippen MR) is 168 cm³/mol. The highest BCUT2D eigenvalue weighted by Crippen LogP contribution is 2.53. The van der Waals surface area contributed by atoms with Crippen molar-refractivity contribution in [2.75, 3.05) is 45.2 Å². The summed E-state index contributed by atoms with van der Waals surface area (Å²) >= 11 is 6.52. The van der Waals surface area contributed by atoms with Crippen molar-refractivity contribution in [3.63, 3.8) is 0 Å². The number of amides is 1. The molecule has 2 aliphatic heterocycles. The maximum absolute atomic E-state index is 13.6. The van der Waals surface area contributed by atoms with Crippen molar-refractivity contribution in [1.29, 1.82) is 0 Å². The lowest BCUT2D eigenvalue weighted by atomic mass is 10.1. The molecule has 252 valence electrons. The summed E-state index contributed by atoms with van der Waals surface area (Å²) in [6, 6.07) is 3.58. The van der Waals surface area contributed by atoms with Gasteiger partial charge in [0.15, 0.2) is 16.9 Å². The molecule has 2 aromatic rings. The summed E-state index contributed by atoms with van der Waals surface area (Å²) in [7, 11) is -1.52. The van der Waals surface area contributed by atoms with Gasteiger partial charge in [-0.15, -0.1) is 5.10 Å². The summed E-state index contributed by atoms with van der Waals surface area (Å²) < 4.78 is 51.3. The molecular formula is C30H46ClN4O9P. The molecule has 5 atom stereocenters. The number of ether oxygens (including phenoxy) is 6. The second kappa shape index (κ2) is 12.6. The summed E-state index contributed by atoms with van der Waals surface area (Å²) in [6.07, 6.45) is 0.715. The third-order valence-corrected chi connectivity index (χ3v) is 11.1. The highest BCUT2D eigenvalue weighted by atomic mass is 35.5. The van der Waals surface area contributed by atoms with Gasteiger partial charge in [0.1, 0.15) is 42.7 Å². The zero-order chi connectivity index (χ0) is 32.9. The second-order valence-electron chi connectivity index (χ2n) is 13.9. The van der Waals surface area contributed by atoms with E-state index >= 15 is 0 Å². The number of aliphatic hydroxyl groups is 1. The topological polar surface area (TPSA) is 143 Å². The monoisotopic (exact) mass is 672 g/mol. The number of anilines is 1. The van der Waals surface area contributed by atoms with Gasteiger partial charge in [-0.25, -0.2) is 9.31 Å². The quantitative estimate of drug-likeness (QED) is 0.341. The van der Waals surface area contributed by atoms with Crippen molar-refractivity contribution in [3.05, 3.63) is 23.1 Å². The number of nitrogens with zero attached hydrogens (tertiary/aromatic N) is 4. The molecule has 45 heavy (non-hydrogen) atoms. The molecule has 2 saturated heterocycles. The maximum Gasteiger partial charge on any atom is 0.416 e. The lowest BCUT2D eigenvalue weighted by Gasteiger charge is -2.36. The molecule has 4 heterocycles. The molecule has 3 fully saturated rings. The minimum atomic E-state index is -2.98. The number of aliphatic hydroxyl groups excluding tert-OH is 1. The zero-order valence-electron chi connectivity index (χ0n) is 27.3. The van der Waals surface area contributed by atoms with Gasteiger partial charge in [0.2, 0.25) is 5.28 Å². The van der Waals surface area contributed by atoms with Crippen molar-refractivity contribution in [3.8, 4) is 0 Å². The first-order valence-corrected chi connectivity index (χ1v) is 18.3. The fourth-order valence-electron chi connectivity index (χ4n) is 6.38. The van der Waals surface area contributed by atoms with Crippen molar-refractivity contribution < 1.29 is 42.9 Å². The molecule has 0 spiro atoms. The summed E-state index contributed by atoms with van der Waals surface area (Å²) in [5, 5.41) is 13.3. The van der Waals surface area contributed by atoms with E-state index in [0.29, 0.717) is 17.0 Å². The SMILES string of the molecule is COCC(CO)(OC[C@H]1O[C@H](c2ccc3c(N(C(=O)OC(C)(C)C)C4CCCC4)nc(Cl)nn23)[C@@H]2OC(C)(C)O[C@@H]21)P(C)(C)=O. The van der Waals surface area contributed by atoms with Crippen LogP contribution in [0.2, 0.25) is 5.28 Å². The van der Waals surface area contributed by atoms with Crippen LogP contribution in [0.4, 0.5) is 10.6 Å². The molecule has 0 bridgehead atoms. The van der Waals surface area contributed by atoms with Crippen LogP contribution in [0.1, 0.15) is 72.1 Å². The Balaban J connectivity index is 1.51. The number of aromatic nitrogens is 3.